The minimum absolute atomic E-state index is 0.0605. The van der Waals surface area contributed by atoms with E-state index in [2.05, 4.69) is 35.9 Å². The van der Waals surface area contributed by atoms with E-state index in [1.165, 1.54) is 4.90 Å². The highest BCUT2D eigenvalue weighted by atomic mass is 32.1. The van der Waals surface area contributed by atoms with Crippen LogP contribution in [-0.2, 0) is 24.0 Å². The van der Waals surface area contributed by atoms with Crippen LogP contribution in [0.25, 0.3) is 0 Å². The number of carbonyl (C=O) groups is 5. The van der Waals surface area contributed by atoms with Crippen molar-refractivity contribution < 1.29 is 24.0 Å². The summed E-state index contributed by atoms with van der Waals surface area (Å²) < 4.78 is 0. The first-order valence-corrected chi connectivity index (χ1v) is 9.63. The van der Waals surface area contributed by atoms with Gasteiger partial charge in [0, 0.05) is 18.1 Å². The summed E-state index contributed by atoms with van der Waals surface area (Å²) in [4.78, 5) is 60.7. The number of likely N-dealkylation sites (tertiary alicyclic amines) is 1. The monoisotopic (exact) mass is 419 g/mol. The van der Waals surface area contributed by atoms with Gasteiger partial charge in [-0.3, -0.25) is 19.2 Å². The maximum atomic E-state index is 12.7. The zero-order chi connectivity index (χ0) is 20.6. The highest BCUT2D eigenvalue weighted by Gasteiger charge is 2.35. The van der Waals surface area contributed by atoms with E-state index in [0.29, 0.717) is 25.7 Å². The zero-order valence-corrected chi connectivity index (χ0v) is 16.5. The van der Waals surface area contributed by atoms with Crippen molar-refractivity contribution >= 4 is 55.2 Å². The number of hydrogen-bond acceptors (Lipinski definition) is 8. The number of amides is 4. The molecule has 152 valence electrons. The summed E-state index contributed by atoms with van der Waals surface area (Å²) in [6.07, 6.45) is 1.38. The second kappa shape index (κ2) is 11.1. The minimum atomic E-state index is -1.24. The molecule has 1 saturated heterocycles. The van der Waals surface area contributed by atoms with Gasteiger partial charge in [0.25, 0.3) is 0 Å². The Kier molecular flexibility index (Phi) is 9.60. The van der Waals surface area contributed by atoms with Crippen LogP contribution in [0.4, 0.5) is 0 Å². The molecule has 12 heteroatoms. The van der Waals surface area contributed by atoms with Gasteiger partial charge in [-0.05, 0) is 12.8 Å². The third-order valence-corrected chi connectivity index (χ3v) is 4.87. The summed E-state index contributed by atoms with van der Waals surface area (Å²) in [5.41, 5.74) is 10.7. The molecule has 10 nitrogen and oxygen atoms in total. The van der Waals surface area contributed by atoms with Crippen molar-refractivity contribution in [3.63, 3.8) is 0 Å². The summed E-state index contributed by atoms with van der Waals surface area (Å²) in [5, 5.41) is 4.82. The molecule has 0 radical (unpaired) electrons. The molecule has 1 aliphatic rings. The van der Waals surface area contributed by atoms with Crippen LogP contribution in [0.3, 0.4) is 0 Å². The van der Waals surface area contributed by atoms with Crippen molar-refractivity contribution in [2.45, 2.75) is 43.4 Å². The predicted molar refractivity (Wildman–Crippen MR) is 104 cm³/mol. The number of rotatable bonds is 10. The third kappa shape index (κ3) is 6.70. The van der Waals surface area contributed by atoms with E-state index in [1.54, 1.807) is 0 Å². The molecule has 0 aromatic heterocycles. The Labute approximate surface area is 167 Å². The van der Waals surface area contributed by atoms with Crippen LogP contribution in [0, 0.1) is 0 Å². The van der Waals surface area contributed by atoms with Crippen LogP contribution in [0.2, 0.25) is 0 Å². The molecule has 4 atom stereocenters. The molecular formula is C15H25N5O5S2. The molecular weight excluding hydrogens is 394 g/mol. The molecule has 0 spiro atoms. The van der Waals surface area contributed by atoms with Crippen molar-refractivity contribution in [2.75, 3.05) is 18.1 Å². The fraction of sp³-hybridized carbons (Fsp3) is 0.667. The first-order valence-electron chi connectivity index (χ1n) is 8.37. The van der Waals surface area contributed by atoms with Crippen molar-refractivity contribution in [1.82, 2.24) is 15.5 Å². The lowest BCUT2D eigenvalue weighted by Gasteiger charge is -2.27. The topological polar surface area (TPSA) is 165 Å². The van der Waals surface area contributed by atoms with E-state index in [-0.39, 0.29) is 11.5 Å². The van der Waals surface area contributed by atoms with Gasteiger partial charge in [-0.25, -0.2) is 0 Å². The fourth-order valence-corrected chi connectivity index (χ4v) is 3.06. The molecule has 1 fully saturated rings. The van der Waals surface area contributed by atoms with Crippen molar-refractivity contribution in [2.24, 2.45) is 11.5 Å². The molecule has 4 amide bonds. The van der Waals surface area contributed by atoms with Crippen LogP contribution in [0.5, 0.6) is 0 Å². The quantitative estimate of drug-likeness (QED) is 0.165. The van der Waals surface area contributed by atoms with Crippen molar-refractivity contribution in [3.05, 3.63) is 0 Å². The van der Waals surface area contributed by atoms with Gasteiger partial charge in [0.05, 0.1) is 18.5 Å². The summed E-state index contributed by atoms with van der Waals surface area (Å²) in [6, 6.07) is -3.83. The van der Waals surface area contributed by atoms with Gasteiger partial charge < -0.3 is 31.8 Å². The normalized spacial score (nSPS) is 19.7. The van der Waals surface area contributed by atoms with E-state index in [0.717, 1.165) is 0 Å². The Balaban J connectivity index is 2.86. The van der Waals surface area contributed by atoms with Crippen molar-refractivity contribution in [1.29, 1.82) is 0 Å². The van der Waals surface area contributed by atoms with Crippen LogP contribution < -0.4 is 22.1 Å². The van der Waals surface area contributed by atoms with E-state index >= 15 is 0 Å². The second-order valence-corrected chi connectivity index (χ2v) is 6.87. The molecule has 27 heavy (non-hydrogen) atoms. The molecule has 0 bridgehead atoms. The fourth-order valence-electron chi connectivity index (χ4n) is 2.64. The van der Waals surface area contributed by atoms with Crippen LogP contribution in [0.1, 0.15) is 19.3 Å². The summed E-state index contributed by atoms with van der Waals surface area (Å²) in [6.45, 7) is 0.344. The lowest BCUT2D eigenvalue weighted by molar-refractivity contribution is -0.140. The van der Waals surface area contributed by atoms with E-state index in [4.69, 9.17) is 11.5 Å². The number of aldehydes is 1. The second-order valence-electron chi connectivity index (χ2n) is 6.14. The number of primary amides is 1. The number of nitrogens with zero attached hydrogens (tertiary/aromatic N) is 1. The number of nitrogens with two attached hydrogens (primary N) is 2. The largest absolute Gasteiger partial charge is 0.370 e. The Morgan fingerprint density at radius 2 is 1.74 bits per heavy atom. The first-order chi connectivity index (χ1) is 12.7. The highest BCUT2D eigenvalue weighted by Crippen LogP contribution is 2.17. The van der Waals surface area contributed by atoms with Gasteiger partial charge in [0.15, 0.2) is 0 Å². The molecule has 0 aromatic rings. The van der Waals surface area contributed by atoms with Crippen molar-refractivity contribution in [3.8, 4) is 0 Å². The van der Waals surface area contributed by atoms with E-state index in [1.807, 2.05) is 0 Å². The van der Waals surface area contributed by atoms with Gasteiger partial charge in [-0.1, -0.05) is 0 Å². The Morgan fingerprint density at radius 1 is 1.11 bits per heavy atom. The average Bonchev–Trinajstić information content (AvgIpc) is 3.12. The highest BCUT2D eigenvalue weighted by molar-refractivity contribution is 7.80. The molecule has 0 saturated carbocycles. The molecule has 0 aromatic carbocycles. The average molecular weight is 420 g/mol. The summed E-state index contributed by atoms with van der Waals surface area (Å²) in [5.74, 6) is -2.66. The maximum Gasteiger partial charge on any atom is 0.246 e. The van der Waals surface area contributed by atoms with Gasteiger partial charge >= 0.3 is 0 Å². The molecule has 0 aliphatic carbocycles. The molecule has 1 aliphatic heterocycles. The molecule has 1 heterocycles. The van der Waals surface area contributed by atoms with Gasteiger partial charge in [-0.2, -0.15) is 25.3 Å². The Morgan fingerprint density at radius 3 is 2.26 bits per heavy atom. The van der Waals surface area contributed by atoms with Gasteiger partial charge in [-0.15, -0.1) is 0 Å². The van der Waals surface area contributed by atoms with Gasteiger partial charge in [0.1, 0.15) is 18.4 Å². The van der Waals surface area contributed by atoms with E-state index in [9.17, 15) is 24.0 Å². The smallest absolute Gasteiger partial charge is 0.246 e. The number of hydrogen-bond donors (Lipinski definition) is 6. The number of nitrogens with one attached hydrogen (secondary N) is 2. The zero-order valence-electron chi connectivity index (χ0n) is 14.7. The number of thiol groups is 2. The Hall–Kier alpha value is -1.79. The molecule has 0 unspecified atom stereocenters. The van der Waals surface area contributed by atoms with Crippen LogP contribution >= 0.6 is 25.3 Å². The minimum Gasteiger partial charge on any atom is -0.370 e. The number of carbonyl (C=O) groups excluding carboxylic acids is 5. The summed E-state index contributed by atoms with van der Waals surface area (Å²) >= 11 is 7.93. The van der Waals surface area contributed by atoms with Crippen LogP contribution in [-0.4, -0.2) is 77.0 Å². The Bertz CT molecular complexity index is 591. The molecule has 1 rings (SSSR count). The predicted octanol–water partition coefficient (Wildman–Crippen LogP) is -2.79. The third-order valence-electron chi connectivity index (χ3n) is 4.11. The lowest BCUT2D eigenvalue weighted by Crippen LogP contribution is -2.58. The SMILES string of the molecule is NC(=O)C[C@H](NC(=O)[C@H](CS)NC(=O)[C@@H](N)CS)C(=O)N1CCC[C@H]1C=O. The molecule has 6 N–H and O–H groups in total. The lowest BCUT2D eigenvalue weighted by atomic mass is 10.1. The van der Waals surface area contributed by atoms with Gasteiger partial charge in [0.2, 0.25) is 23.6 Å². The standard InChI is InChI=1S/C15H25N5O5S2/c16-9(6-26)13(23)19-11(7-27)14(24)18-10(4-12(17)22)15(25)20-3-1-2-8(20)5-21/h5,8-11,26-27H,1-4,6-7,16H2,(H2,17,22)(H,18,24)(H,19,23)/t8-,9-,10-,11-/m0/s1. The van der Waals surface area contributed by atoms with E-state index < -0.39 is 54.2 Å². The summed E-state index contributed by atoms with van der Waals surface area (Å²) in [7, 11) is 0. The maximum absolute atomic E-state index is 12.7. The first kappa shape index (κ1) is 23.2. The van der Waals surface area contributed by atoms with Crippen LogP contribution in [0.15, 0.2) is 0 Å².